The molecule has 1 fully saturated rings. The first-order valence-corrected chi connectivity index (χ1v) is 8.84. The summed E-state index contributed by atoms with van der Waals surface area (Å²) >= 11 is 0. The number of nitrogens with zero attached hydrogens (tertiary/aromatic N) is 4. The second-order valence-electron chi connectivity index (χ2n) is 6.40. The van der Waals surface area contributed by atoms with Crippen LogP contribution in [0.4, 0.5) is 5.69 Å². The molecule has 1 aliphatic rings. The number of benzene rings is 1. The summed E-state index contributed by atoms with van der Waals surface area (Å²) in [6.07, 6.45) is 6.59. The van der Waals surface area contributed by atoms with E-state index >= 15 is 0 Å². The molecule has 1 saturated heterocycles. The summed E-state index contributed by atoms with van der Waals surface area (Å²) in [4.78, 5) is 30.7. The third-order valence-electron chi connectivity index (χ3n) is 4.49. The lowest BCUT2D eigenvalue weighted by molar-refractivity contribution is -0.128. The van der Waals surface area contributed by atoms with Crippen LogP contribution in [-0.4, -0.2) is 38.0 Å². The fourth-order valence-corrected chi connectivity index (χ4v) is 3.17. The molecular weight excluding hydrogens is 342 g/mol. The Morgan fingerprint density at radius 3 is 2.85 bits per heavy atom. The molecule has 136 valence electrons. The molecule has 1 aromatic carbocycles. The summed E-state index contributed by atoms with van der Waals surface area (Å²) in [5.41, 5.74) is 2.05. The van der Waals surface area contributed by atoms with Gasteiger partial charge < -0.3 is 10.2 Å². The van der Waals surface area contributed by atoms with E-state index < -0.39 is 0 Å². The third-order valence-corrected chi connectivity index (χ3v) is 4.49. The molecule has 1 aliphatic heterocycles. The Hall–Kier alpha value is -3.48. The predicted molar refractivity (Wildman–Crippen MR) is 100 cm³/mol. The van der Waals surface area contributed by atoms with E-state index in [1.165, 1.54) is 0 Å². The molecule has 0 saturated carbocycles. The summed E-state index contributed by atoms with van der Waals surface area (Å²) in [5.74, 6) is 0.491. The maximum Gasteiger partial charge on any atom is 0.255 e. The molecule has 0 unspecified atom stereocenters. The van der Waals surface area contributed by atoms with Crippen LogP contribution in [0.15, 0.2) is 61.1 Å². The lowest BCUT2D eigenvalue weighted by Crippen LogP contribution is -2.24. The first-order valence-electron chi connectivity index (χ1n) is 8.84. The zero-order valence-corrected chi connectivity index (χ0v) is 14.7. The van der Waals surface area contributed by atoms with Gasteiger partial charge in [0.25, 0.3) is 5.91 Å². The van der Waals surface area contributed by atoms with E-state index in [4.69, 9.17) is 0 Å². The molecule has 0 bridgehead atoms. The van der Waals surface area contributed by atoms with Crippen molar-refractivity contribution >= 4 is 17.5 Å². The van der Waals surface area contributed by atoms with Crippen molar-refractivity contribution in [2.24, 2.45) is 0 Å². The first-order chi connectivity index (χ1) is 13.2. The van der Waals surface area contributed by atoms with Gasteiger partial charge in [0.05, 0.1) is 5.69 Å². The van der Waals surface area contributed by atoms with Gasteiger partial charge in [-0.05, 0) is 42.3 Å². The number of pyridine rings is 1. The van der Waals surface area contributed by atoms with Crippen molar-refractivity contribution in [3.8, 4) is 5.82 Å². The molecule has 7 nitrogen and oxygen atoms in total. The fourth-order valence-electron chi connectivity index (χ4n) is 3.17. The molecule has 2 aromatic heterocycles. The number of likely N-dealkylation sites (tertiary alicyclic amines) is 1. The van der Waals surface area contributed by atoms with Crippen molar-refractivity contribution in [2.75, 3.05) is 11.9 Å². The van der Waals surface area contributed by atoms with Gasteiger partial charge in [0.1, 0.15) is 0 Å². The van der Waals surface area contributed by atoms with Crippen molar-refractivity contribution < 1.29 is 9.59 Å². The minimum atomic E-state index is -0.231. The predicted octanol–water partition coefficient (Wildman–Crippen LogP) is 2.64. The molecule has 4 rings (SSSR count). The highest BCUT2D eigenvalue weighted by Gasteiger charge is 2.20. The minimum Gasteiger partial charge on any atom is -0.338 e. The van der Waals surface area contributed by atoms with E-state index in [2.05, 4.69) is 15.4 Å². The third kappa shape index (κ3) is 3.72. The summed E-state index contributed by atoms with van der Waals surface area (Å²) in [5, 5.41) is 7.07. The average Bonchev–Trinajstić information content (AvgIpc) is 3.35. The molecule has 2 amide bonds. The lowest BCUT2D eigenvalue weighted by Gasteiger charge is -2.16. The Bertz CT molecular complexity index is 968. The van der Waals surface area contributed by atoms with Gasteiger partial charge in [-0.3, -0.25) is 9.59 Å². The van der Waals surface area contributed by atoms with E-state index in [9.17, 15) is 9.59 Å². The van der Waals surface area contributed by atoms with Gasteiger partial charge in [-0.25, -0.2) is 9.67 Å². The molecule has 1 N–H and O–H groups in total. The highest BCUT2D eigenvalue weighted by molar-refractivity contribution is 6.05. The molecule has 3 aromatic rings. The van der Waals surface area contributed by atoms with Gasteiger partial charge in [-0.15, -0.1) is 0 Å². The number of aromatic nitrogens is 3. The van der Waals surface area contributed by atoms with Crippen LogP contribution in [0.1, 0.15) is 28.8 Å². The van der Waals surface area contributed by atoms with Crippen LogP contribution in [0.25, 0.3) is 5.82 Å². The zero-order valence-electron chi connectivity index (χ0n) is 14.7. The van der Waals surface area contributed by atoms with Crippen LogP contribution >= 0.6 is 0 Å². The van der Waals surface area contributed by atoms with Crippen molar-refractivity contribution in [1.29, 1.82) is 0 Å². The number of rotatable bonds is 5. The molecule has 0 aliphatic carbocycles. The number of nitrogens with one attached hydrogen (secondary N) is 1. The van der Waals surface area contributed by atoms with Gasteiger partial charge in [0.2, 0.25) is 5.91 Å². The smallest absolute Gasteiger partial charge is 0.255 e. The Balaban J connectivity index is 1.53. The largest absolute Gasteiger partial charge is 0.338 e. The van der Waals surface area contributed by atoms with Crippen molar-refractivity contribution in [2.45, 2.75) is 19.4 Å². The molecule has 7 heteroatoms. The van der Waals surface area contributed by atoms with Crippen LogP contribution in [0.2, 0.25) is 0 Å². The van der Waals surface area contributed by atoms with E-state index in [1.807, 2.05) is 23.1 Å². The molecule has 0 spiro atoms. The number of carbonyl (C=O) groups excluding carboxylic acids is 2. The SMILES string of the molecule is O=C(Nc1cccnc1-n1cccn1)c1cccc(CN2CCCC2=O)c1. The van der Waals surface area contributed by atoms with Gasteiger partial charge in [-0.1, -0.05) is 12.1 Å². The molecule has 0 atom stereocenters. The van der Waals surface area contributed by atoms with E-state index in [-0.39, 0.29) is 11.8 Å². The maximum atomic E-state index is 12.7. The lowest BCUT2D eigenvalue weighted by atomic mass is 10.1. The standard InChI is InChI=1S/C20H19N5O2/c26-18-8-3-11-24(18)14-15-5-1-6-16(13-15)20(27)23-17-7-2-9-21-19(17)25-12-4-10-22-25/h1-2,4-7,9-10,12-13H,3,8,11,14H2,(H,23,27). The van der Waals surface area contributed by atoms with Gasteiger partial charge in [0, 0.05) is 43.7 Å². The van der Waals surface area contributed by atoms with Crippen molar-refractivity contribution in [3.63, 3.8) is 0 Å². The number of anilines is 1. The highest BCUT2D eigenvalue weighted by Crippen LogP contribution is 2.19. The minimum absolute atomic E-state index is 0.170. The van der Waals surface area contributed by atoms with Crippen LogP contribution in [-0.2, 0) is 11.3 Å². The fraction of sp³-hybridized carbons (Fsp3) is 0.200. The Labute approximate surface area is 156 Å². The molecule has 0 radical (unpaired) electrons. The quantitative estimate of drug-likeness (QED) is 0.758. The van der Waals surface area contributed by atoms with E-state index in [0.29, 0.717) is 30.0 Å². The highest BCUT2D eigenvalue weighted by atomic mass is 16.2. The maximum absolute atomic E-state index is 12.7. The second-order valence-corrected chi connectivity index (χ2v) is 6.40. The van der Waals surface area contributed by atoms with Crippen molar-refractivity contribution in [3.05, 3.63) is 72.2 Å². The van der Waals surface area contributed by atoms with Crippen LogP contribution in [0.3, 0.4) is 0 Å². The Morgan fingerprint density at radius 2 is 2.07 bits per heavy atom. The van der Waals surface area contributed by atoms with Crippen molar-refractivity contribution in [1.82, 2.24) is 19.7 Å². The number of hydrogen-bond donors (Lipinski definition) is 1. The van der Waals surface area contributed by atoms with Gasteiger partial charge >= 0.3 is 0 Å². The molecule has 27 heavy (non-hydrogen) atoms. The zero-order chi connectivity index (χ0) is 18.6. The summed E-state index contributed by atoms with van der Waals surface area (Å²) in [7, 11) is 0. The number of amides is 2. The second kappa shape index (κ2) is 7.41. The first kappa shape index (κ1) is 17.0. The normalized spacial score (nSPS) is 13.8. The molecule has 3 heterocycles. The topological polar surface area (TPSA) is 80.1 Å². The Morgan fingerprint density at radius 1 is 1.15 bits per heavy atom. The van der Waals surface area contributed by atoms with Gasteiger partial charge in [0.15, 0.2) is 5.82 Å². The van der Waals surface area contributed by atoms with Crippen LogP contribution in [0.5, 0.6) is 0 Å². The van der Waals surface area contributed by atoms with E-state index in [1.54, 1.807) is 47.5 Å². The molecular formula is C20H19N5O2. The number of hydrogen-bond acceptors (Lipinski definition) is 4. The van der Waals surface area contributed by atoms with Crippen LogP contribution < -0.4 is 5.32 Å². The monoisotopic (exact) mass is 361 g/mol. The summed E-state index contributed by atoms with van der Waals surface area (Å²) in [6, 6.07) is 12.7. The Kier molecular flexibility index (Phi) is 4.65. The van der Waals surface area contributed by atoms with Crippen LogP contribution in [0, 0.1) is 0 Å². The van der Waals surface area contributed by atoms with Gasteiger partial charge in [-0.2, -0.15) is 5.10 Å². The van der Waals surface area contributed by atoms with E-state index in [0.717, 1.165) is 18.5 Å². The number of carbonyl (C=O) groups is 2. The summed E-state index contributed by atoms with van der Waals surface area (Å²) < 4.78 is 1.60. The average molecular weight is 361 g/mol. The summed E-state index contributed by atoms with van der Waals surface area (Å²) in [6.45, 7) is 1.31.